The van der Waals surface area contributed by atoms with Crippen LogP contribution in [0.25, 0.3) is 0 Å². The largest absolute Gasteiger partial charge is 0.392 e. The third-order valence-corrected chi connectivity index (χ3v) is 8.95. The fourth-order valence-corrected chi connectivity index (χ4v) is 7.00. The zero-order valence-corrected chi connectivity index (χ0v) is 20.2. The van der Waals surface area contributed by atoms with E-state index in [0.717, 1.165) is 12.3 Å². The van der Waals surface area contributed by atoms with Gasteiger partial charge in [0.25, 0.3) is 0 Å². The van der Waals surface area contributed by atoms with Crippen molar-refractivity contribution in [2.75, 3.05) is 0 Å². The topological polar surface area (TPSA) is 66.5 Å². The summed E-state index contributed by atoms with van der Waals surface area (Å²) in [5, 5.41) is 20.5. The number of hydrogen-bond acceptors (Lipinski definition) is 3. The standard InChI is InChI=1S/C27H47NO2/c1-18(2)8-6-15-27(5,28)25-13-12-22-21(9-7-14-26(22,25)4)11-10-20-16-23(29)19(3)24(30)17-20/h10-11,18-19,22-25,29-30H,6-9,12-17,28H2,1-5H3. The molecule has 4 N–H and O–H groups in total. The number of nitrogens with two attached hydrogens (primary N) is 1. The molecule has 0 amide bonds. The summed E-state index contributed by atoms with van der Waals surface area (Å²) in [6.45, 7) is 11.4. The minimum Gasteiger partial charge on any atom is -0.392 e. The minimum absolute atomic E-state index is 0.0266. The Kier molecular flexibility index (Phi) is 7.58. The maximum absolute atomic E-state index is 10.2. The Labute approximate surface area is 185 Å². The molecular formula is C27H47NO2. The molecule has 0 aromatic heterocycles. The first-order valence-corrected chi connectivity index (χ1v) is 12.6. The van der Waals surface area contributed by atoms with Crippen LogP contribution in [0.1, 0.15) is 98.8 Å². The smallest absolute Gasteiger partial charge is 0.0627 e. The van der Waals surface area contributed by atoms with E-state index in [-0.39, 0.29) is 11.5 Å². The van der Waals surface area contributed by atoms with Crippen LogP contribution in [0.3, 0.4) is 0 Å². The SMILES string of the molecule is CC(C)CCCC(C)(N)C1CCC2C(=CC=C3CC(O)C(C)C(O)C3)CCCC21C. The maximum Gasteiger partial charge on any atom is 0.0627 e. The van der Waals surface area contributed by atoms with E-state index < -0.39 is 12.2 Å². The summed E-state index contributed by atoms with van der Waals surface area (Å²) in [6.07, 6.45) is 15.0. The second kappa shape index (κ2) is 9.46. The van der Waals surface area contributed by atoms with Crippen LogP contribution in [-0.2, 0) is 0 Å². The lowest BCUT2D eigenvalue weighted by Gasteiger charge is -2.48. The first-order chi connectivity index (χ1) is 14.0. The molecule has 0 aromatic carbocycles. The maximum atomic E-state index is 10.2. The molecule has 0 saturated heterocycles. The molecule has 0 aromatic rings. The zero-order chi connectivity index (χ0) is 22.1. The normalized spacial score (nSPS) is 40.5. The van der Waals surface area contributed by atoms with Gasteiger partial charge in [0.2, 0.25) is 0 Å². The predicted molar refractivity (Wildman–Crippen MR) is 126 cm³/mol. The highest BCUT2D eigenvalue weighted by atomic mass is 16.3. The molecule has 3 nitrogen and oxygen atoms in total. The van der Waals surface area contributed by atoms with Crippen LogP contribution >= 0.6 is 0 Å². The molecule has 0 bridgehead atoms. The van der Waals surface area contributed by atoms with Crippen LogP contribution in [0, 0.1) is 29.1 Å². The van der Waals surface area contributed by atoms with Crippen LogP contribution in [0.15, 0.2) is 23.3 Å². The quantitative estimate of drug-likeness (QED) is 0.515. The summed E-state index contributed by atoms with van der Waals surface area (Å²) >= 11 is 0. The second-order valence-electron chi connectivity index (χ2n) is 11.8. The predicted octanol–water partition coefficient (Wildman–Crippen LogP) is 5.75. The molecule has 0 spiro atoms. The Morgan fingerprint density at radius 3 is 2.47 bits per heavy atom. The Bertz CT molecular complexity index is 635. The third kappa shape index (κ3) is 5.05. The van der Waals surface area contributed by atoms with Gasteiger partial charge in [0.15, 0.2) is 0 Å². The van der Waals surface area contributed by atoms with Crippen molar-refractivity contribution < 1.29 is 10.2 Å². The summed E-state index contributed by atoms with van der Waals surface area (Å²) in [7, 11) is 0. The van der Waals surface area contributed by atoms with Gasteiger partial charge in [0, 0.05) is 11.5 Å². The van der Waals surface area contributed by atoms with Crippen molar-refractivity contribution in [1.82, 2.24) is 0 Å². The molecule has 0 heterocycles. The van der Waals surface area contributed by atoms with Gasteiger partial charge in [-0.1, -0.05) is 63.8 Å². The molecular weight excluding hydrogens is 370 g/mol. The number of aliphatic hydroxyl groups is 2. The van der Waals surface area contributed by atoms with E-state index in [9.17, 15) is 10.2 Å². The van der Waals surface area contributed by atoms with Crippen molar-refractivity contribution in [3.05, 3.63) is 23.3 Å². The fourth-order valence-electron chi connectivity index (χ4n) is 7.00. The summed E-state index contributed by atoms with van der Waals surface area (Å²) in [5.74, 6) is 1.96. The van der Waals surface area contributed by atoms with Gasteiger partial charge in [0.05, 0.1) is 12.2 Å². The molecule has 3 aliphatic carbocycles. The van der Waals surface area contributed by atoms with Crippen LogP contribution in [-0.4, -0.2) is 28.0 Å². The molecule has 3 fully saturated rings. The Hall–Kier alpha value is -0.640. The molecule has 6 atom stereocenters. The molecule has 0 radical (unpaired) electrons. The molecule has 3 aliphatic rings. The van der Waals surface area contributed by atoms with Gasteiger partial charge in [-0.2, -0.15) is 0 Å². The summed E-state index contributed by atoms with van der Waals surface area (Å²) in [6, 6.07) is 0. The van der Waals surface area contributed by atoms with Crippen molar-refractivity contribution in [1.29, 1.82) is 0 Å². The molecule has 0 aliphatic heterocycles. The van der Waals surface area contributed by atoms with Crippen LogP contribution < -0.4 is 5.73 Å². The molecule has 6 unspecified atom stereocenters. The van der Waals surface area contributed by atoms with E-state index in [2.05, 4.69) is 39.8 Å². The van der Waals surface area contributed by atoms with Crippen LogP contribution in [0.4, 0.5) is 0 Å². The molecule has 3 rings (SSSR count). The van der Waals surface area contributed by atoms with Gasteiger partial charge in [0.1, 0.15) is 0 Å². The average molecular weight is 418 g/mol. The Balaban J connectivity index is 1.72. The van der Waals surface area contributed by atoms with Crippen molar-refractivity contribution >= 4 is 0 Å². The number of aliphatic hydroxyl groups excluding tert-OH is 2. The lowest BCUT2D eigenvalue weighted by atomic mass is 9.59. The van der Waals surface area contributed by atoms with Crippen LogP contribution in [0.5, 0.6) is 0 Å². The number of rotatable bonds is 6. The number of fused-ring (bicyclic) bond motifs is 1. The Morgan fingerprint density at radius 2 is 1.83 bits per heavy atom. The lowest BCUT2D eigenvalue weighted by Crippen LogP contribution is -2.51. The number of allylic oxidation sites excluding steroid dienone is 3. The van der Waals surface area contributed by atoms with E-state index in [4.69, 9.17) is 5.73 Å². The zero-order valence-electron chi connectivity index (χ0n) is 20.2. The van der Waals surface area contributed by atoms with Crippen LogP contribution in [0.2, 0.25) is 0 Å². The van der Waals surface area contributed by atoms with Gasteiger partial charge in [-0.3, -0.25) is 0 Å². The van der Waals surface area contributed by atoms with Crippen molar-refractivity contribution in [2.24, 2.45) is 34.8 Å². The highest BCUT2D eigenvalue weighted by Gasteiger charge is 2.53. The Morgan fingerprint density at radius 1 is 1.17 bits per heavy atom. The van der Waals surface area contributed by atoms with E-state index in [1.165, 1.54) is 50.5 Å². The molecule has 30 heavy (non-hydrogen) atoms. The first kappa shape index (κ1) is 24.0. The average Bonchev–Trinajstić information content (AvgIpc) is 3.02. The van der Waals surface area contributed by atoms with E-state index in [1.807, 2.05) is 6.92 Å². The molecule has 3 heteroatoms. The van der Waals surface area contributed by atoms with Gasteiger partial charge < -0.3 is 15.9 Å². The first-order valence-electron chi connectivity index (χ1n) is 12.6. The van der Waals surface area contributed by atoms with Crippen molar-refractivity contribution in [2.45, 2.75) is 117 Å². The van der Waals surface area contributed by atoms with Gasteiger partial charge in [-0.15, -0.1) is 0 Å². The van der Waals surface area contributed by atoms with E-state index in [0.29, 0.717) is 30.1 Å². The monoisotopic (exact) mass is 417 g/mol. The van der Waals surface area contributed by atoms with Crippen molar-refractivity contribution in [3.8, 4) is 0 Å². The van der Waals surface area contributed by atoms with Crippen molar-refractivity contribution in [3.63, 3.8) is 0 Å². The summed E-state index contributed by atoms with van der Waals surface area (Å²) < 4.78 is 0. The minimum atomic E-state index is -0.422. The summed E-state index contributed by atoms with van der Waals surface area (Å²) in [5.41, 5.74) is 10.0. The third-order valence-electron chi connectivity index (χ3n) is 8.95. The number of hydrogen-bond donors (Lipinski definition) is 3. The fraction of sp³-hybridized carbons (Fsp3) is 0.852. The summed E-state index contributed by atoms with van der Waals surface area (Å²) in [4.78, 5) is 0. The lowest BCUT2D eigenvalue weighted by molar-refractivity contribution is 0.00406. The highest BCUT2D eigenvalue weighted by Crippen LogP contribution is 2.60. The van der Waals surface area contributed by atoms with Gasteiger partial charge in [-0.25, -0.2) is 0 Å². The second-order valence-corrected chi connectivity index (χ2v) is 11.8. The molecule has 172 valence electrons. The molecule has 3 saturated carbocycles. The van der Waals surface area contributed by atoms with E-state index >= 15 is 0 Å². The van der Waals surface area contributed by atoms with Gasteiger partial charge in [-0.05, 0) is 81.5 Å². The van der Waals surface area contributed by atoms with E-state index in [1.54, 1.807) is 5.57 Å². The van der Waals surface area contributed by atoms with Gasteiger partial charge >= 0.3 is 0 Å². The highest BCUT2D eigenvalue weighted by molar-refractivity contribution is 5.27.